The van der Waals surface area contributed by atoms with Crippen molar-refractivity contribution in [3.63, 3.8) is 0 Å². The lowest BCUT2D eigenvalue weighted by Crippen LogP contribution is -2.47. The van der Waals surface area contributed by atoms with Crippen molar-refractivity contribution in [2.45, 2.75) is 52.6 Å². The molecule has 1 N–H and O–H groups in total. The van der Waals surface area contributed by atoms with E-state index >= 15 is 0 Å². The fourth-order valence-corrected chi connectivity index (χ4v) is 4.44. The van der Waals surface area contributed by atoms with Crippen LogP contribution in [0.3, 0.4) is 0 Å². The molecule has 0 aliphatic rings. The topological polar surface area (TPSA) is 86.8 Å². The zero-order valence-electron chi connectivity index (χ0n) is 20.0. The van der Waals surface area contributed by atoms with Gasteiger partial charge in [-0.2, -0.15) is 0 Å². The van der Waals surface area contributed by atoms with Crippen LogP contribution in [0.1, 0.15) is 44.2 Å². The second-order valence-corrected chi connectivity index (χ2v) is 10.2. The molecule has 0 heterocycles. The largest absolute Gasteiger partial charge is 0.354 e. The van der Waals surface area contributed by atoms with Crippen molar-refractivity contribution >= 4 is 27.5 Å². The Morgan fingerprint density at radius 1 is 1.03 bits per heavy atom. The molecule has 0 radical (unpaired) electrons. The highest BCUT2D eigenvalue weighted by atomic mass is 32.2. The summed E-state index contributed by atoms with van der Waals surface area (Å²) in [7, 11) is -3.49. The van der Waals surface area contributed by atoms with Gasteiger partial charge in [-0.15, -0.1) is 0 Å². The average molecular weight is 474 g/mol. The smallest absolute Gasteiger partial charge is 0.242 e. The molecule has 2 amide bonds. The maximum atomic E-state index is 13.2. The van der Waals surface area contributed by atoms with Crippen molar-refractivity contribution in [2.75, 3.05) is 23.7 Å². The Labute approximate surface area is 197 Å². The van der Waals surface area contributed by atoms with Gasteiger partial charge in [-0.25, -0.2) is 8.42 Å². The summed E-state index contributed by atoms with van der Waals surface area (Å²) in [5, 5.41) is 2.85. The molecule has 0 bridgehead atoms. The summed E-state index contributed by atoms with van der Waals surface area (Å²) in [5.74, 6) is -0.381. The molecule has 0 saturated heterocycles. The Hall–Kier alpha value is -2.87. The summed E-state index contributed by atoms with van der Waals surface area (Å²) in [6.45, 7) is 6.68. The van der Waals surface area contributed by atoms with Crippen molar-refractivity contribution in [3.8, 4) is 0 Å². The lowest BCUT2D eigenvalue weighted by atomic mass is 10.1. The first kappa shape index (κ1) is 26.4. The van der Waals surface area contributed by atoms with Crippen LogP contribution >= 0.6 is 0 Å². The SMILES string of the molecule is CCCNC(=O)C(C)N(Cc1ccccc1)C(=O)CCCN(c1ccc(C)cc1)S(C)(=O)=O. The van der Waals surface area contributed by atoms with Gasteiger partial charge in [-0.05, 0) is 44.4 Å². The number of aryl methyl sites for hydroxylation is 1. The maximum Gasteiger partial charge on any atom is 0.242 e. The van der Waals surface area contributed by atoms with Gasteiger partial charge in [-0.3, -0.25) is 13.9 Å². The first-order valence-corrected chi connectivity index (χ1v) is 13.1. The minimum Gasteiger partial charge on any atom is -0.354 e. The number of rotatable bonds is 12. The predicted molar refractivity (Wildman–Crippen MR) is 132 cm³/mol. The molecular weight excluding hydrogens is 438 g/mol. The molecule has 1 unspecified atom stereocenters. The Morgan fingerprint density at radius 2 is 1.67 bits per heavy atom. The molecule has 33 heavy (non-hydrogen) atoms. The van der Waals surface area contributed by atoms with Crippen LogP contribution in [0.15, 0.2) is 54.6 Å². The van der Waals surface area contributed by atoms with Crippen molar-refractivity contribution in [3.05, 3.63) is 65.7 Å². The third-order valence-corrected chi connectivity index (χ3v) is 6.58. The van der Waals surface area contributed by atoms with Crippen LogP contribution in [-0.4, -0.2) is 50.5 Å². The highest BCUT2D eigenvalue weighted by Crippen LogP contribution is 2.19. The van der Waals surface area contributed by atoms with E-state index in [1.807, 2.05) is 56.3 Å². The molecule has 7 nitrogen and oxygen atoms in total. The Morgan fingerprint density at radius 3 is 2.24 bits per heavy atom. The average Bonchev–Trinajstić information content (AvgIpc) is 2.78. The monoisotopic (exact) mass is 473 g/mol. The standard InChI is InChI=1S/C25H35N3O4S/c1-5-17-26-25(30)21(3)27(19-22-10-7-6-8-11-22)24(29)12-9-18-28(33(4,31)32)23-15-13-20(2)14-16-23/h6-8,10-11,13-16,21H,5,9,12,17-19H2,1-4H3,(H,26,30). The van der Waals surface area contributed by atoms with Crippen molar-refractivity contribution < 1.29 is 18.0 Å². The predicted octanol–water partition coefficient (Wildman–Crippen LogP) is 3.48. The van der Waals surface area contributed by atoms with E-state index in [1.165, 1.54) is 4.31 Å². The van der Waals surface area contributed by atoms with Crippen molar-refractivity contribution in [2.24, 2.45) is 0 Å². The van der Waals surface area contributed by atoms with E-state index in [0.717, 1.165) is 23.8 Å². The molecule has 8 heteroatoms. The van der Waals surface area contributed by atoms with E-state index in [2.05, 4.69) is 5.32 Å². The van der Waals surface area contributed by atoms with E-state index in [-0.39, 0.29) is 24.8 Å². The number of carbonyl (C=O) groups excluding carboxylic acids is 2. The quantitative estimate of drug-likeness (QED) is 0.511. The Kier molecular flexibility index (Phi) is 9.91. The molecule has 2 rings (SSSR count). The molecule has 2 aromatic rings. The summed E-state index contributed by atoms with van der Waals surface area (Å²) < 4.78 is 26.0. The van der Waals surface area contributed by atoms with E-state index in [4.69, 9.17) is 0 Å². The van der Waals surface area contributed by atoms with Crippen LogP contribution < -0.4 is 9.62 Å². The number of hydrogen-bond acceptors (Lipinski definition) is 4. The molecule has 0 saturated carbocycles. The van der Waals surface area contributed by atoms with Crippen LogP contribution in [-0.2, 0) is 26.2 Å². The summed E-state index contributed by atoms with van der Waals surface area (Å²) in [5.41, 5.74) is 2.54. The molecule has 2 aromatic carbocycles. The molecule has 0 aliphatic carbocycles. The number of nitrogens with one attached hydrogen (secondary N) is 1. The van der Waals surface area contributed by atoms with Crippen LogP contribution in [0.25, 0.3) is 0 Å². The van der Waals surface area contributed by atoms with Gasteiger partial charge in [0, 0.05) is 26.1 Å². The number of anilines is 1. The lowest BCUT2D eigenvalue weighted by molar-refractivity contribution is -0.140. The third-order valence-electron chi connectivity index (χ3n) is 5.39. The normalized spacial score (nSPS) is 12.1. The van der Waals surface area contributed by atoms with E-state index in [1.54, 1.807) is 24.0 Å². The van der Waals surface area contributed by atoms with Gasteiger partial charge in [0.15, 0.2) is 0 Å². The highest BCUT2D eigenvalue weighted by molar-refractivity contribution is 7.92. The molecular formula is C25H35N3O4S. The van der Waals surface area contributed by atoms with Gasteiger partial charge in [0.25, 0.3) is 0 Å². The molecule has 0 spiro atoms. The zero-order chi connectivity index (χ0) is 24.4. The Bertz CT molecular complexity index is 1010. The fourth-order valence-electron chi connectivity index (χ4n) is 3.47. The fraction of sp³-hybridized carbons (Fsp3) is 0.440. The van der Waals surface area contributed by atoms with E-state index in [0.29, 0.717) is 25.2 Å². The first-order chi connectivity index (χ1) is 15.6. The van der Waals surface area contributed by atoms with Crippen molar-refractivity contribution in [1.29, 1.82) is 0 Å². The molecule has 0 aliphatic heterocycles. The second-order valence-electron chi connectivity index (χ2n) is 8.25. The summed E-state index contributed by atoms with van der Waals surface area (Å²) in [6, 6.07) is 16.1. The van der Waals surface area contributed by atoms with Crippen LogP contribution in [0, 0.1) is 6.92 Å². The van der Waals surface area contributed by atoms with Crippen LogP contribution in [0.2, 0.25) is 0 Å². The van der Waals surface area contributed by atoms with Crippen LogP contribution in [0.4, 0.5) is 5.69 Å². The molecule has 0 fully saturated rings. The van der Waals surface area contributed by atoms with Gasteiger partial charge < -0.3 is 10.2 Å². The molecule has 0 aromatic heterocycles. The molecule has 1 atom stereocenters. The maximum absolute atomic E-state index is 13.2. The van der Waals surface area contributed by atoms with Gasteiger partial charge in [-0.1, -0.05) is 55.0 Å². The second kappa shape index (κ2) is 12.4. The summed E-state index contributed by atoms with van der Waals surface area (Å²) in [4.78, 5) is 27.3. The number of amides is 2. The summed E-state index contributed by atoms with van der Waals surface area (Å²) in [6.07, 6.45) is 2.45. The molecule has 180 valence electrons. The minimum absolute atomic E-state index is 0.135. The minimum atomic E-state index is -3.49. The summed E-state index contributed by atoms with van der Waals surface area (Å²) >= 11 is 0. The van der Waals surface area contributed by atoms with Gasteiger partial charge >= 0.3 is 0 Å². The van der Waals surface area contributed by atoms with Gasteiger partial charge in [0.1, 0.15) is 6.04 Å². The number of hydrogen-bond donors (Lipinski definition) is 1. The number of benzene rings is 2. The van der Waals surface area contributed by atoms with E-state index in [9.17, 15) is 18.0 Å². The number of sulfonamides is 1. The number of nitrogens with zero attached hydrogens (tertiary/aromatic N) is 2. The highest BCUT2D eigenvalue weighted by Gasteiger charge is 2.26. The van der Waals surface area contributed by atoms with Crippen LogP contribution in [0.5, 0.6) is 0 Å². The van der Waals surface area contributed by atoms with Gasteiger partial charge in [0.2, 0.25) is 21.8 Å². The zero-order valence-corrected chi connectivity index (χ0v) is 20.8. The number of carbonyl (C=O) groups is 2. The van der Waals surface area contributed by atoms with Crippen molar-refractivity contribution in [1.82, 2.24) is 10.2 Å². The Balaban J connectivity index is 2.11. The lowest BCUT2D eigenvalue weighted by Gasteiger charge is -2.29. The van der Waals surface area contributed by atoms with Gasteiger partial charge in [0.05, 0.1) is 11.9 Å². The van der Waals surface area contributed by atoms with E-state index < -0.39 is 16.1 Å². The third kappa shape index (κ3) is 8.20. The first-order valence-electron chi connectivity index (χ1n) is 11.3.